The van der Waals surface area contributed by atoms with Gasteiger partial charge in [-0.3, -0.25) is 4.90 Å². The summed E-state index contributed by atoms with van der Waals surface area (Å²) in [5.74, 6) is 1.59. The van der Waals surface area contributed by atoms with E-state index >= 15 is 0 Å². The fourth-order valence-electron chi connectivity index (χ4n) is 4.83. The van der Waals surface area contributed by atoms with E-state index < -0.39 is 0 Å². The molecule has 0 radical (unpaired) electrons. The number of fused-ring (bicyclic) bond motifs is 1. The lowest BCUT2D eigenvalue weighted by atomic mass is 9.92. The zero-order valence-electron chi connectivity index (χ0n) is 19.7. The standard InChI is InChI=1S/C30H32N2O2/c1-2-33-29-21-25(15-16-28(29)34-22-23-9-4-3-5-10-23)30(32-19-17-31-18-20-32)27-14-8-12-24-11-6-7-13-26(24)27/h3-16,21,30-31H,2,17-20,22H2,1H3. The molecule has 1 atom stereocenters. The Hall–Kier alpha value is -3.34. The molecule has 0 spiro atoms. The van der Waals surface area contributed by atoms with Crippen molar-refractivity contribution in [2.75, 3.05) is 32.8 Å². The number of ether oxygens (including phenoxy) is 2. The van der Waals surface area contributed by atoms with Gasteiger partial charge >= 0.3 is 0 Å². The van der Waals surface area contributed by atoms with E-state index in [2.05, 4.69) is 83.0 Å². The zero-order chi connectivity index (χ0) is 23.2. The topological polar surface area (TPSA) is 33.7 Å². The fraction of sp³-hybridized carbons (Fsp3) is 0.267. The second kappa shape index (κ2) is 10.7. The van der Waals surface area contributed by atoms with Crippen LogP contribution in [0.3, 0.4) is 0 Å². The normalized spacial score (nSPS) is 15.2. The number of hydrogen-bond donors (Lipinski definition) is 1. The van der Waals surface area contributed by atoms with Crippen molar-refractivity contribution < 1.29 is 9.47 Å². The second-order valence-corrected chi connectivity index (χ2v) is 8.67. The Kier molecular flexibility index (Phi) is 7.08. The molecule has 4 aromatic carbocycles. The lowest BCUT2D eigenvalue weighted by Crippen LogP contribution is -2.45. The molecular weight excluding hydrogens is 420 g/mol. The van der Waals surface area contributed by atoms with Crippen molar-refractivity contribution in [2.45, 2.75) is 19.6 Å². The molecular formula is C30H32N2O2. The monoisotopic (exact) mass is 452 g/mol. The molecule has 0 saturated carbocycles. The van der Waals surface area contributed by atoms with Gasteiger partial charge in [0.25, 0.3) is 0 Å². The highest BCUT2D eigenvalue weighted by atomic mass is 16.5. The van der Waals surface area contributed by atoms with Crippen LogP contribution in [0.1, 0.15) is 29.7 Å². The molecule has 0 amide bonds. The molecule has 4 heteroatoms. The van der Waals surface area contributed by atoms with E-state index in [-0.39, 0.29) is 6.04 Å². The molecule has 174 valence electrons. The third-order valence-electron chi connectivity index (χ3n) is 6.46. The van der Waals surface area contributed by atoms with Crippen LogP contribution in [0.4, 0.5) is 0 Å². The predicted molar refractivity (Wildman–Crippen MR) is 139 cm³/mol. The third kappa shape index (κ3) is 4.93. The van der Waals surface area contributed by atoms with E-state index in [1.54, 1.807) is 0 Å². The zero-order valence-corrected chi connectivity index (χ0v) is 19.7. The van der Waals surface area contributed by atoms with Crippen LogP contribution in [0.5, 0.6) is 11.5 Å². The van der Waals surface area contributed by atoms with Crippen molar-refractivity contribution in [3.05, 3.63) is 108 Å². The number of hydrogen-bond acceptors (Lipinski definition) is 4. The largest absolute Gasteiger partial charge is 0.490 e. The van der Waals surface area contributed by atoms with Gasteiger partial charge in [0.05, 0.1) is 12.6 Å². The van der Waals surface area contributed by atoms with Crippen LogP contribution in [-0.2, 0) is 6.61 Å². The minimum atomic E-state index is 0.149. The molecule has 0 aliphatic carbocycles. The Morgan fingerprint density at radius 1 is 0.794 bits per heavy atom. The van der Waals surface area contributed by atoms with E-state index in [1.807, 2.05) is 25.1 Å². The molecule has 4 aromatic rings. The first-order valence-corrected chi connectivity index (χ1v) is 12.2. The van der Waals surface area contributed by atoms with Crippen LogP contribution in [0, 0.1) is 0 Å². The first-order valence-electron chi connectivity index (χ1n) is 12.2. The van der Waals surface area contributed by atoms with Crippen molar-refractivity contribution >= 4 is 10.8 Å². The molecule has 1 heterocycles. The van der Waals surface area contributed by atoms with Gasteiger partial charge in [-0.05, 0) is 46.5 Å². The van der Waals surface area contributed by atoms with Crippen LogP contribution in [0.25, 0.3) is 10.8 Å². The maximum atomic E-state index is 6.18. The Bertz CT molecular complexity index is 1210. The molecule has 1 aliphatic heterocycles. The molecule has 1 unspecified atom stereocenters. The maximum Gasteiger partial charge on any atom is 0.161 e. The summed E-state index contributed by atoms with van der Waals surface area (Å²) in [6.45, 7) is 7.14. The van der Waals surface area contributed by atoms with Gasteiger partial charge in [0.2, 0.25) is 0 Å². The van der Waals surface area contributed by atoms with Crippen molar-refractivity contribution in [1.82, 2.24) is 10.2 Å². The third-order valence-corrected chi connectivity index (χ3v) is 6.46. The van der Waals surface area contributed by atoms with Crippen molar-refractivity contribution in [2.24, 2.45) is 0 Å². The summed E-state index contributed by atoms with van der Waals surface area (Å²) in [6, 6.07) is 32.2. The predicted octanol–water partition coefficient (Wildman–Crippen LogP) is 5.81. The molecule has 1 fully saturated rings. The SMILES string of the molecule is CCOc1cc(C(c2cccc3ccccc23)N2CCNCC2)ccc1OCc1ccccc1. The number of nitrogens with one attached hydrogen (secondary N) is 1. The van der Waals surface area contributed by atoms with Crippen molar-refractivity contribution in [3.8, 4) is 11.5 Å². The quantitative estimate of drug-likeness (QED) is 0.366. The van der Waals surface area contributed by atoms with Crippen LogP contribution in [0.15, 0.2) is 91.0 Å². The van der Waals surface area contributed by atoms with Gasteiger partial charge in [0.15, 0.2) is 11.5 Å². The Morgan fingerprint density at radius 2 is 1.56 bits per heavy atom. The van der Waals surface area contributed by atoms with Gasteiger partial charge in [0.1, 0.15) is 6.61 Å². The Labute approximate surface area is 202 Å². The fourth-order valence-corrected chi connectivity index (χ4v) is 4.83. The highest BCUT2D eigenvalue weighted by Gasteiger charge is 2.26. The summed E-state index contributed by atoms with van der Waals surface area (Å²) in [7, 11) is 0. The molecule has 5 rings (SSSR count). The minimum Gasteiger partial charge on any atom is -0.490 e. The van der Waals surface area contributed by atoms with Gasteiger partial charge in [-0.15, -0.1) is 0 Å². The lowest BCUT2D eigenvalue weighted by molar-refractivity contribution is 0.198. The van der Waals surface area contributed by atoms with Gasteiger partial charge in [-0.2, -0.15) is 0 Å². The van der Waals surface area contributed by atoms with Gasteiger partial charge in [-0.25, -0.2) is 0 Å². The molecule has 34 heavy (non-hydrogen) atoms. The Balaban J connectivity index is 1.53. The van der Waals surface area contributed by atoms with Crippen LogP contribution < -0.4 is 14.8 Å². The smallest absolute Gasteiger partial charge is 0.161 e. The van der Waals surface area contributed by atoms with Gasteiger partial charge in [0, 0.05) is 26.2 Å². The van der Waals surface area contributed by atoms with Crippen LogP contribution in [0.2, 0.25) is 0 Å². The van der Waals surface area contributed by atoms with E-state index in [9.17, 15) is 0 Å². The summed E-state index contributed by atoms with van der Waals surface area (Å²) >= 11 is 0. The summed E-state index contributed by atoms with van der Waals surface area (Å²) in [4.78, 5) is 2.58. The first-order chi connectivity index (χ1) is 16.8. The second-order valence-electron chi connectivity index (χ2n) is 8.67. The first kappa shape index (κ1) is 22.5. The van der Waals surface area contributed by atoms with Crippen LogP contribution in [-0.4, -0.2) is 37.7 Å². The van der Waals surface area contributed by atoms with Crippen LogP contribution >= 0.6 is 0 Å². The summed E-state index contributed by atoms with van der Waals surface area (Å²) in [6.07, 6.45) is 0. The van der Waals surface area contributed by atoms with E-state index in [0.717, 1.165) is 43.2 Å². The molecule has 4 nitrogen and oxygen atoms in total. The number of piperazine rings is 1. The molecule has 1 aliphatic rings. The summed E-state index contributed by atoms with van der Waals surface area (Å²) in [5.41, 5.74) is 3.71. The van der Waals surface area contributed by atoms with E-state index in [0.29, 0.717) is 13.2 Å². The maximum absolute atomic E-state index is 6.18. The average Bonchev–Trinajstić information content (AvgIpc) is 2.90. The van der Waals surface area contributed by atoms with E-state index in [1.165, 1.54) is 21.9 Å². The van der Waals surface area contributed by atoms with Gasteiger partial charge < -0.3 is 14.8 Å². The van der Waals surface area contributed by atoms with Crippen molar-refractivity contribution in [1.29, 1.82) is 0 Å². The molecule has 0 bridgehead atoms. The minimum absolute atomic E-state index is 0.149. The molecule has 0 aromatic heterocycles. The molecule has 1 saturated heterocycles. The number of benzene rings is 4. The average molecular weight is 453 g/mol. The summed E-state index contributed by atoms with van der Waals surface area (Å²) < 4.78 is 12.3. The highest BCUT2D eigenvalue weighted by Crippen LogP contribution is 2.38. The lowest BCUT2D eigenvalue weighted by Gasteiger charge is -2.36. The Morgan fingerprint density at radius 3 is 2.38 bits per heavy atom. The highest BCUT2D eigenvalue weighted by molar-refractivity contribution is 5.86. The van der Waals surface area contributed by atoms with Gasteiger partial charge in [-0.1, -0.05) is 78.9 Å². The number of rotatable bonds is 8. The summed E-state index contributed by atoms with van der Waals surface area (Å²) in [5, 5.41) is 6.07. The van der Waals surface area contributed by atoms with E-state index in [4.69, 9.17) is 9.47 Å². The van der Waals surface area contributed by atoms with Crippen molar-refractivity contribution in [3.63, 3.8) is 0 Å². The molecule has 1 N–H and O–H groups in total. The number of nitrogens with zero attached hydrogens (tertiary/aromatic N) is 1.